The van der Waals surface area contributed by atoms with E-state index in [0.717, 1.165) is 10.8 Å². The predicted octanol–water partition coefficient (Wildman–Crippen LogP) is 4.45. The fraction of sp³-hybridized carbons (Fsp3) is 0.292. The van der Waals surface area contributed by atoms with Crippen LogP contribution in [0.1, 0.15) is 36.1 Å². The lowest BCUT2D eigenvalue weighted by Crippen LogP contribution is -2.24. The molecule has 0 unspecified atom stereocenters. The summed E-state index contributed by atoms with van der Waals surface area (Å²) in [5.74, 6) is -0.439. The van der Waals surface area contributed by atoms with Crippen molar-refractivity contribution in [1.29, 1.82) is 5.26 Å². The number of nitriles is 1. The molecule has 0 saturated heterocycles. The molecule has 0 fully saturated rings. The van der Waals surface area contributed by atoms with Gasteiger partial charge in [0.05, 0.1) is 37.4 Å². The van der Waals surface area contributed by atoms with E-state index in [-0.39, 0.29) is 25.4 Å². The van der Waals surface area contributed by atoms with Gasteiger partial charge in [0.25, 0.3) is 0 Å². The molecular weight excluding hydrogens is 449 g/mol. The molecule has 3 N–H and O–H groups in total. The zero-order valence-electron chi connectivity index (χ0n) is 18.1. The number of imidazole rings is 1. The van der Waals surface area contributed by atoms with E-state index in [4.69, 9.17) is 20.8 Å². The highest BCUT2D eigenvalue weighted by molar-refractivity contribution is 5.67. The number of aliphatic carboxylic acids is 1. The maximum Gasteiger partial charge on any atom is 0.433 e. The fourth-order valence-corrected chi connectivity index (χ4v) is 3.49. The van der Waals surface area contributed by atoms with Gasteiger partial charge < -0.3 is 20.1 Å². The molecule has 1 atom stereocenters. The van der Waals surface area contributed by atoms with Gasteiger partial charge in [0, 0.05) is 17.2 Å². The summed E-state index contributed by atoms with van der Waals surface area (Å²) in [4.78, 5) is 14.7. The summed E-state index contributed by atoms with van der Waals surface area (Å²) in [6, 6.07) is 14.4. The molecule has 1 heterocycles. The third-order valence-electron chi connectivity index (χ3n) is 5.13. The smallest absolute Gasteiger partial charge is 0.433 e. The normalized spacial score (nSPS) is 12.2. The number of nitrogens with zero attached hydrogens (tertiary/aromatic N) is 3. The van der Waals surface area contributed by atoms with Crippen molar-refractivity contribution < 1.29 is 27.8 Å². The molecule has 3 rings (SSSR count). The topological polar surface area (TPSA) is 114 Å². The third-order valence-corrected chi connectivity index (χ3v) is 5.13. The van der Waals surface area contributed by atoms with Crippen LogP contribution in [0.25, 0.3) is 11.4 Å². The first-order chi connectivity index (χ1) is 16.2. The van der Waals surface area contributed by atoms with Gasteiger partial charge in [0.1, 0.15) is 17.3 Å². The number of carbonyl (C=O) groups is 1. The van der Waals surface area contributed by atoms with E-state index >= 15 is 0 Å². The van der Waals surface area contributed by atoms with Crippen molar-refractivity contribution in [2.75, 3.05) is 6.61 Å². The summed E-state index contributed by atoms with van der Waals surface area (Å²) in [6.45, 7) is 0.0990. The van der Waals surface area contributed by atoms with Gasteiger partial charge in [-0.15, -0.1) is 0 Å². The highest BCUT2D eigenvalue weighted by Gasteiger charge is 2.36. The third kappa shape index (κ3) is 6.36. The van der Waals surface area contributed by atoms with E-state index in [9.17, 15) is 18.0 Å². The highest BCUT2D eigenvalue weighted by atomic mass is 19.4. The monoisotopic (exact) mass is 472 g/mol. The van der Waals surface area contributed by atoms with Crippen LogP contribution >= 0.6 is 0 Å². The van der Waals surface area contributed by atoms with E-state index in [0.29, 0.717) is 35.3 Å². The zero-order chi connectivity index (χ0) is 24.7. The molecule has 34 heavy (non-hydrogen) atoms. The number of aromatic nitrogens is 2. The number of benzene rings is 2. The summed E-state index contributed by atoms with van der Waals surface area (Å²) < 4.78 is 48.0. The molecule has 0 aliphatic carbocycles. The number of alkyl halides is 3. The Morgan fingerprint density at radius 2 is 1.91 bits per heavy atom. The summed E-state index contributed by atoms with van der Waals surface area (Å²) in [7, 11) is 0. The molecule has 0 spiro atoms. The van der Waals surface area contributed by atoms with E-state index in [1.54, 1.807) is 36.4 Å². The van der Waals surface area contributed by atoms with Gasteiger partial charge in [-0.1, -0.05) is 18.2 Å². The van der Waals surface area contributed by atoms with Crippen molar-refractivity contribution in [1.82, 2.24) is 9.55 Å². The van der Waals surface area contributed by atoms with Crippen LogP contribution in [-0.4, -0.2) is 33.3 Å². The summed E-state index contributed by atoms with van der Waals surface area (Å²) in [5.41, 5.74) is 6.21. The van der Waals surface area contributed by atoms with E-state index in [2.05, 4.69) is 4.98 Å². The number of carboxylic acid groups (broad SMARTS) is 1. The first kappa shape index (κ1) is 24.8. The number of carboxylic acids is 1. The highest BCUT2D eigenvalue weighted by Crippen LogP contribution is 2.34. The molecule has 3 aromatic rings. The van der Waals surface area contributed by atoms with Crippen LogP contribution in [0.15, 0.2) is 54.7 Å². The van der Waals surface area contributed by atoms with Crippen LogP contribution in [0.2, 0.25) is 0 Å². The maximum atomic E-state index is 13.7. The minimum absolute atomic E-state index is 0.117. The van der Waals surface area contributed by atoms with E-state index in [1.165, 1.54) is 12.1 Å². The molecule has 0 aliphatic heterocycles. The Hall–Kier alpha value is -3.84. The maximum absolute atomic E-state index is 13.7. The molecular formula is C24H23F3N4O3. The van der Waals surface area contributed by atoms with E-state index in [1.807, 2.05) is 6.07 Å². The second kappa shape index (κ2) is 10.9. The van der Waals surface area contributed by atoms with Gasteiger partial charge in [0.15, 0.2) is 0 Å². The second-order valence-corrected chi connectivity index (χ2v) is 7.70. The van der Waals surface area contributed by atoms with Gasteiger partial charge in [-0.3, -0.25) is 4.79 Å². The van der Waals surface area contributed by atoms with Gasteiger partial charge in [-0.2, -0.15) is 18.4 Å². The quantitative estimate of drug-likeness (QED) is 0.422. The molecule has 7 nitrogen and oxygen atoms in total. The van der Waals surface area contributed by atoms with Crippen molar-refractivity contribution in [3.8, 4) is 23.2 Å². The Morgan fingerprint density at radius 1 is 1.21 bits per heavy atom. The molecule has 1 aromatic heterocycles. The summed E-state index contributed by atoms with van der Waals surface area (Å²) >= 11 is 0. The molecule has 0 saturated carbocycles. The zero-order valence-corrected chi connectivity index (χ0v) is 18.1. The number of ether oxygens (including phenoxy) is 1. The molecule has 2 aromatic carbocycles. The Kier molecular flexibility index (Phi) is 7.91. The first-order valence-corrected chi connectivity index (χ1v) is 10.5. The van der Waals surface area contributed by atoms with Crippen LogP contribution in [0, 0.1) is 11.3 Å². The van der Waals surface area contributed by atoms with Crippen LogP contribution in [0.5, 0.6) is 5.75 Å². The van der Waals surface area contributed by atoms with Gasteiger partial charge >= 0.3 is 12.1 Å². The van der Waals surface area contributed by atoms with Crippen molar-refractivity contribution in [3.63, 3.8) is 0 Å². The lowest BCUT2D eigenvalue weighted by atomic mass is 10.1. The fourth-order valence-electron chi connectivity index (χ4n) is 3.49. The van der Waals surface area contributed by atoms with Crippen LogP contribution in [0.4, 0.5) is 13.2 Å². The van der Waals surface area contributed by atoms with Crippen molar-refractivity contribution >= 4 is 5.97 Å². The Balaban J connectivity index is 1.83. The number of rotatable bonds is 10. The number of hydrogen-bond acceptors (Lipinski definition) is 5. The molecule has 0 radical (unpaired) electrons. The van der Waals surface area contributed by atoms with Gasteiger partial charge in [-0.05, 0) is 43.2 Å². The average molecular weight is 472 g/mol. The summed E-state index contributed by atoms with van der Waals surface area (Å²) in [5, 5.41) is 17.8. The Labute approximate surface area is 194 Å². The molecule has 178 valence electrons. The largest absolute Gasteiger partial charge is 0.493 e. The molecule has 10 heteroatoms. The van der Waals surface area contributed by atoms with Crippen molar-refractivity contribution in [3.05, 3.63) is 71.5 Å². The van der Waals surface area contributed by atoms with Crippen LogP contribution in [-0.2, 0) is 17.5 Å². The van der Waals surface area contributed by atoms with Gasteiger partial charge in [0.2, 0.25) is 0 Å². The van der Waals surface area contributed by atoms with Crippen molar-refractivity contribution in [2.24, 2.45) is 5.73 Å². The molecule has 0 aliphatic rings. The molecule has 0 bridgehead atoms. The standard InChI is InChI=1S/C24H23F3N4O3/c25-24(26,27)21-14-30-23(17-9-7-16(13-28)8-10-17)31(21)15-18-4-1-2-6-20(18)34-11-3-5-19(29)12-22(32)33/h1-2,4,6-10,14,19H,3,5,11-12,15,29H2,(H,32,33)/t19-/m1/s1. The average Bonchev–Trinajstić information content (AvgIpc) is 3.21. The lowest BCUT2D eigenvalue weighted by molar-refractivity contribution is -0.143. The number of para-hydroxylation sites is 1. The number of halogens is 3. The predicted molar refractivity (Wildman–Crippen MR) is 118 cm³/mol. The lowest BCUT2D eigenvalue weighted by Gasteiger charge is -2.17. The number of nitrogens with two attached hydrogens (primary N) is 1. The van der Waals surface area contributed by atoms with Crippen molar-refractivity contribution in [2.45, 2.75) is 38.0 Å². The van der Waals surface area contributed by atoms with E-state index < -0.39 is 23.9 Å². The van der Waals surface area contributed by atoms with Gasteiger partial charge in [-0.25, -0.2) is 4.98 Å². The van der Waals surface area contributed by atoms with Crippen LogP contribution in [0.3, 0.4) is 0 Å². The minimum Gasteiger partial charge on any atom is -0.493 e. The SMILES string of the molecule is N#Cc1ccc(-c2ncc(C(F)(F)F)n2Cc2ccccc2OCCC[C@@H](N)CC(=O)O)cc1. The minimum atomic E-state index is -4.62. The van der Waals surface area contributed by atoms with Crippen LogP contribution < -0.4 is 10.5 Å². The molecule has 0 amide bonds. The second-order valence-electron chi connectivity index (χ2n) is 7.70. The number of hydrogen-bond donors (Lipinski definition) is 2. The Bertz CT molecular complexity index is 1170. The summed E-state index contributed by atoms with van der Waals surface area (Å²) in [6.07, 6.45) is -3.03. The first-order valence-electron chi connectivity index (χ1n) is 10.5. The Morgan fingerprint density at radius 3 is 2.56 bits per heavy atom.